The Kier molecular flexibility index (Phi) is 3.09. The van der Waals surface area contributed by atoms with Gasteiger partial charge < -0.3 is 5.32 Å². The lowest BCUT2D eigenvalue weighted by atomic mass is 10.2. The minimum Gasteiger partial charge on any atom is -0.321 e. The molecule has 1 rings (SSSR count). The Labute approximate surface area is 82.2 Å². The molecule has 1 aromatic carbocycles. The number of halogens is 1. The van der Waals surface area contributed by atoms with Crippen LogP contribution in [0.4, 0.5) is 5.69 Å². The van der Waals surface area contributed by atoms with Crippen molar-refractivity contribution >= 4 is 23.2 Å². The number of rotatable bonds is 2. The van der Waals surface area contributed by atoms with Crippen LogP contribution in [0, 0.1) is 6.92 Å². The second-order valence-electron chi connectivity index (χ2n) is 2.63. The normalized spacial score (nSPS) is 9.38. The van der Waals surface area contributed by atoms with Crippen LogP contribution in [0.5, 0.6) is 0 Å². The van der Waals surface area contributed by atoms with Gasteiger partial charge in [0.2, 0.25) is 5.91 Å². The van der Waals surface area contributed by atoms with E-state index in [1.54, 1.807) is 6.07 Å². The molecule has 0 aliphatic carbocycles. The van der Waals surface area contributed by atoms with Crippen molar-refractivity contribution in [2.24, 2.45) is 0 Å². The van der Waals surface area contributed by atoms with E-state index >= 15 is 0 Å². The van der Waals surface area contributed by atoms with Crippen LogP contribution in [0.1, 0.15) is 5.56 Å². The third kappa shape index (κ3) is 2.33. The van der Waals surface area contributed by atoms with Gasteiger partial charge in [-0.15, -0.1) is 0 Å². The van der Waals surface area contributed by atoms with Gasteiger partial charge in [-0.3, -0.25) is 4.79 Å². The number of anilines is 1. The molecule has 0 radical (unpaired) electrons. The van der Waals surface area contributed by atoms with Crippen LogP contribution in [-0.4, -0.2) is 5.91 Å². The summed E-state index contributed by atoms with van der Waals surface area (Å²) >= 11 is 5.95. The molecule has 13 heavy (non-hydrogen) atoms. The maximum atomic E-state index is 11.0. The van der Waals surface area contributed by atoms with Gasteiger partial charge in [-0.2, -0.15) is 0 Å². The van der Waals surface area contributed by atoms with Gasteiger partial charge in [0, 0.05) is 0 Å². The highest BCUT2D eigenvalue weighted by Gasteiger charge is 2.03. The van der Waals surface area contributed by atoms with E-state index in [2.05, 4.69) is 11.9 Å². The smallest absolute Gasteiger partial charge is 0.247 e. The maximum Gasteiger partial charge on any atom is 0.247 e. The minimum atomic E-state index is -0.257. The molecule has 0 spiro atoms. The number of amides is 1. The molecular weight excluding hydrogens is 186 g/mol. The number of hydrogen-bond acceptors (Lipinski definition) is 1. The Bertz CT molecular complexity index is 347. The fourth-order valence-electron chi connectivity index (χ4n) is 0.928. The molecule has 0 aliphatic rings. The molecule has 1 amide bonds. The summed E-state index contributed by atoms with van der Waals surface area (Å²) in [5.41, 5.74) is 1.55. The van der Waals surface area contributed by atoms with Crippen molar-refractivity contribution in [2.45, 2.75) is 6.92 Å². The fourth-order valence-corrected chi connectivity index (χ4v) is 1.10. The summed E-state index contributed by atoms with van der Waals surface area (Å²) in [7, 11) is 0. The van der Waals surface area contributed by atoms with Crippen LogP contribution in [0.15, 0.2) is 30.9 Å². The number of aryl methyl sites for hydroxylation is 1. The van der Waals surface area contributed by atoms with E-state index in [4.69, 9.17) is 11.6 Å². The summed E-state index contributed by atoms with van der Waals surface area (Å²) in [6.07, 6.45) is 1.21. The van der Waals surface area contributed by atoms with Gasteiger partial charge in [0.25, 0.3) is 0 Å². The summed E-state index contributed by atoms with van der Waals surface area (Å²) in [5, 5.41) is 3.18. The second kappa shape index (κ2) is 4.10. The third-order valence-electron chi connectivity index (χ3n) is 1.64. The van der Waals surface area contributed by atoms with Crippen molar-refractivity contribution in [3.05, 3.63) is 41.4 Å². The van der Waals surface area contributed by atoms with Gasteiger partial charge in [0.05, 0.1) is 10.7 Å². The number of benzene rings is 1. The molecule has 0 saturated heterocycles. The first-order chi connectivity index (χ1) is 6.15. The van der Waals surface area contributed by atoms with Gasteiger partial charge in [-0.1, -0.05) is 30.3 Å². The van der Waals surface area contributed by atoms with E-state index in [-0.39, 0.29) is 5.91 Å². The molecule has 3 heteroatoms. The third-order valence-corrected chi connectivity index (χ3v) is 2.14. The zero-order valence-corrected chi connectivity index (χ0v) is 8.06. The van der Waals surface area contributed by atoms with Crippen molar-refractivity contribution < 1.29 is 4.79 Å². The van der Waals surface area contributed by atoms with E-state index < -0.39 is 0 Å². The Hall–Kier alpha value is -1.28. The lowest BCUT2D eigenvalue weighted by molar-refractivity contribution is -0.111. The molecule has 0 saturated carbocycles. The average molecular weight is 196 g/mol. The van der Waals surface area contributed by atoms with E-state index in [9.17, 15) is 4.79 Å². The largest absolute Gasteiger partial charge is 0.321 e. The quantitative estimate of drug-likeness (QED) is 0.723. The van der Waals surface area contributed by atoms with Crippen molar-refractivity contribution in [1.29, 1.82) is 0 Å². The standard InChI is InChI=1S/C10H10ClNO/c1-3-9(13)12-8-6-4-5-7(2)10(8)11/h3-6H,1H2,2H3,(H,12,13). The number of nitrogens with one attached hydrogen (secondary N) is 1. The monoisotopic (exact) mass is 195 g/mol. The van der Waals surface area contributed by atoms with Gasteiger partial charge in [-0.05, 0) is 24.6 Å². The number of carbonyl (C=O) groups excluding carboxylic acids is 1. The maximum absolute atomic E-state index is 11.0. The molecule has 0 aromatic heterocycles. The lowest BCUT2D eigenvalue weighted by Gasteiger charge is -2.06. The first-order valence-corrected chi connectivity index (χ1v) is 4.21. The Morgan fingerprint density at radius 3 is 2.92 bits per heavy atom. The van der Waals surface area contributed by atoms with Crippen LogP contribution in [0.2, 0.25) is 5.02 Å². The van der Waals surface area contributed by atoms with E-state index in [1.165, 1.54) is 6.08 Å². The van der Waals surface area contributed by atoms with Crippen LogP contribution in [-0.2, 0) is 4.79 Å². The zero-order chi connectivity index (χ0) is 9.84. The van der Waals surface area contributed by atoms with Gasteiger partial charge >= 0.3 is 0 Å². The van der Waals surface area contributed by atoms with Gasteiger partial charge in [0.15, 0.2) is 0 Å². The molecule has 1 N–H and O–H groups in total. The first kappa shape index (κ1) is 9.81. The minimum absolute atomic E-state index is 0.257. The predicted octanol–water partition coefficient (Wildman–Crippen LogP) is 2.77. The van der Waals surface area contributed by atoms with Gasteiger partial charge in [-0.25, -0.2) is 0 Å². The molecule has 0 aliphatic heterocycles. The molecule has 0 fully saturated rings. The molecule has 1 aromatic rings. The van der Waals surface area contributed by atoms with Crippen molar-refractivity contribution in [3.63, 3.8) is 0 Å². The SMILES string of the molecule is C=CC(=O)Nc1cccc(C)c1Cl. The molecular formula is C10H10ClNO. The zero-order valence-electron chi connectivity index (χ0n) is 7.30. The highest BCUT2D eigenvalue weighted by Crippen LogP contribution is 2.24. The first-order valence-electron chi connectivity index (χ1n) is 3.83. The summed E-state index contributed by atoms with van der Waals surface area (Å²) in [6, 6.07) is 5.46. The van der Waals surface area contributed by atoms with Gasteiger partial charge in [0.1, 0.15) is 0 Å². The molecule has 0 heterocycles. The lowest BCUT2D eigenvalue weighted by Crippen LogP contribution is -2.07. The Balaban J connectivity index is 2.95. The molecule has 68 valence electrons. The molecule has 0 bridgehead atoms. The Morgan fingerprint density at radius 1 is 1.62 bits per heavy atom. The average Bonchev–Trinajstić information content (AvgIpc) is 2.13. The summed E-state index contributed by atoms with van der Waals surface area (Å²) in [6.45, 7) is 5.23. The summed E-state index contributed by atoms with van der Waals surface area (Å²) in [5.74, 6) is -0.257. The molecule has 0 atom stereocenters. The number of hydrogen-bond donors (Lipinski definition) is 1. The van der Waals surface area contributed by atoms with E-state index in [0.717, 1.165) is 5.56 Å². The van der Waals surface area contributed by atoms with Crippen molar-refractivity contribution in [3.8, 4) is 0 Å². The van der Waals surface area contributed by atoms with Crippen LogP contribution >= 0.6 is 11.6 Å². The molecule has 0 unspecified atom stereocenters. The number of carbonyl (C=O) groups is 1. The highest BCUT2D eigenvalue weighted by molar-refractivity contribution is 6.34. The second-order valence-corrected chi connectivity index (χ2v) is 3.01. The summed E-state index contributed by atoms with van der Waals surface area (Å²) < 4.78 is 0. The Morgan fingerprint density at radius 2 is 2.31 bits per heavy atom. The van der Waals surface area contributed by atoms with Crippen LogP contribution < -0.4 is 5.32 Å². The molecule has 2 nitrogen and oxygen atoms in total. The highest BCUT2D eigenvalue weighted by atomic mass is 35.5. The van der Waals surface area contributed by atoms with E-state index in [1.807, 2.05) is 19.1 Å². The predicted molar refractivity (Wildman–Crippen MR) is 55.0 cm³/mol. The van der Waals surface area contributed by atoms with Crippen LogP contribution in [0.25, 0.3) is 0 Å². The topological polar surface area (TPSA) is 29.1 Å². The summed E-state index contributed by atoms with van der Waals surface area (Å²) in [4.78, 5) is 11.0. The fraction of sp³-hybridized carbons (Fsp3) is 0.100. The van der Waals surface area contributed by atoms with Crippen molar-refractivity contribution in [1.82, 2.24) is 0 Å². The van der Waals surface area contributed by atoms with Crippen LogP contribution in [0.3, 0.4) is 0 Å². The van der Waals surface area contributed by atoms with Crippen molar-refractivity contribution in [2.75, 3.05) is 5.32 Å². The van der Waals surface area contributed by atoms with E-state index in [0.29, 0.717) is 10.7 Å².